The van der Waals surface area contributed by atoms with Gasteiger partial charge in [-0.2, -0.15) is 13.2 Å². The Kier molecular flexibility index (Phi) is 5.19. The number of benzene rings is 1. The molecule has 1 aromatic rings. The molecule has 1 aromatic carbocycles. The van der Waals surface area contributed by atoms with Gasteiger partial charge in [-0.25, -0.2) is 0 Å². The predicted molar refractivity (Wildman–Crippen MR) is 80.2 cm³/mol. The van der Waals surface area contributed by atoms with E-state index in [0.717, 1.165) is 10.5 Å². The van der Waals surface area contributed by atoms with Crippen LogP contribution in [-0.4, -0.2) is 36.0 Å². The number of piperidine rings is 1. The summed E-state index contributed by atoms with van der Waals surface area (Å²) in [6, 6.07) is 5.10. The Hall–Kier alpha value is -1.76. The van der Waals surface area contributed by atoms with Gasteiger partial charge in [-0.05, 0) is 37.5 Å². The molecule has 126 valence electrons. The lowest BCUT2D eigenvalue weighted by molar-refractivity contribution is -0.186. The van der Waals surface area contributed by atoms with Crippen molar-refractivity contribution in [3.8, 4) is 0 Å². The summed E-state index contributed by atoms with van der Waals surface area (Å²) >= 11 is 5.98. The van der Waals surface area contributed by atoms with Gasteiger partial charge in [-0.3, -0.25) is 9.59 Å². The second-order valence-corrected chi connectivity index (χ2v) is 5.92. The van der Waals surface area contributed by atoms with E-state index in [0.29, 0.717) is 10.7 Å². The number of rotatable bonds is 2. The van der Waals surface area contributed by atoms with Gasteiger partial charge in [0, 0.05) is 29.7 Å². The first-order valence-electron chi connectivity index (χ1n) is 7.11. The van der Waals surface area contributed by atoms with Crippen molar-refractivity contribution >= 4 is 29.1 Å². The number of aryl methyl sites for hydroxylation is 1. The minimum Gasteiger partial charge on any atom is -0.335 e. The third-order valence-electron chi connectivity index (χ3n) is 3.83. The van der Waals surface area contributed by atoms with E-state index in [1.165, 1.54) is 0 Å². The van der Waals surface area contributed by atoms with Gasteiger partial charge in [-0.15, -0.1) is 0 Å². The molecular weight excluding hydrogens is 333 g/mol. The van der Waals surface area contributed by atoms with Crippen molar-refractivity contribution in [1.82, 2.24) is 4.90 Å². The van der Waals surface area contributed by atoms with Gasteiger partial charge in [0.2, 0.25) is 5.91 Å². The second kappa shape index (κ2) is 6.78. The number of carbonyl (C=O) groups excluding carboxylic acids is 2. The molecule has 0 unspecified atom stereocenters. The number of amides is 2. The van der Waals surface area contributed by atoms with Crippen molar-refractivity contribution in [2.24, 2.45) is 5.92 Å². The van der Waals surface area contributed by atoms with Crippen LogP contribution in [0.1, 0.15) is 18.4 Å². The molecule has 1 aliphatic rings. The number of likely N-dealkylation sites (tertiary alicyclic amines) is 1. The molecule has 0 aliphatic carbocycles. The maximum absolute atomic E-state index is 12.4. The first kappa shape index (κ1) is 17.6. The van der Waals surface area contributed by atoms with E-state index >= 15 is 0 Å². The van der Waals surface area contributed by atoms with E-state index in [1.807, 2.05) is 6.92 Å². The van der Waals surface area contributed by atoms with Crippen molar-refractivity contribution in [3.63, 3.8) is 0 Å². The van der Waals surface area contributed by atoms with Crippen LogP contribution in [0.5, 0.6) is 0 Å². The molecule has 0 radical (unpaired) electrons. The third-order valence-corrected chi connectivity index (χ3v) is 4.24. The van der Waals surface area contributed by atoms with Crippen molar-refractivity contribution in [1.29, 1.82) is 0 Å². The monoisotopic (exact) mass is 348 g/mol. The maximum Gasteiger partial charge on any atom is 0.471 e. The van der Waals surface area contributed by atoms with Crippen LogP contribution >= 0.6 is 11.6 Å². The Morgan fingerprint density at radius 2 is 1.87 bits per heavy atom. The second-order valence-electron chi connectivity index (χ2n) is 5.52. The number of anilines is 1. The van der Waals surface area contributed by atoms with Crippen LogP contribution in [0.15, 0.2) is 18.2 Å². The maximum atomic E-state index is 12.4. The Morgan fingerprint density at radius 1 is 1.26 bits per heavy atom. The van der Waals surface area contributed by atoms with E-state index in [4.69, 9.17) is 11.6 Å². The van der Waals surface area contributed by atoms with Crippen molar-refractivity contribution < 1.29 is 22.8 Å². The first-order chi connectivity index (χ1) is 10.7. The van der Waals surface area contributed by atoms with E-state index in [2.05, 4.69) is 5.32 Å². The summed E-state index contributed by atoms with van der Waals surface area (Å²) in [6.45, 7) is 1.68. The molecular formula is C15H16ClF3N2O2. The zero-order valence-electron chi connectivity index (χ0n) is 12.4. The predicted octanol–water partition coefficient (Wildman–Crippen LogP) is 3.39. The van der Waals surface area contributed by atoms with Gasteiger partial charge >= 0.3 is 12.1 Å². The highest BCUT2D eigenvalue weighted by Crippen LogP contribution is 2.25. The van der Waals surface area contributed by atoms with Crippen LogP contribution in [0.25, 0.3) is 0 Å². The summed E-state index contributed by atoms with van der Waals surface area (Å²) in [5, 5.41) is 3.23. The molecule has 0 aromatic heterocycles. The van der Waals surface area contributed by atoms with E-state index in [-0.39, 0.29) is 31.8 Å². The zero-order valence-corrected chi connectivity index (χ0v) is 13.2. The van der Waals surface area contributed by atoms with E-state index in [9.17, 15) is 22.8 Å². The van der Waals surface area contributed by atoms with Gasteiger partial charge < -0.3 is 10.2 Å². The summed E-state index contributed by atoms with van der Waals surface area (Å²) in [4.78, 5) is 24.0. The fourth-order valence-corrected chi connectivity index (χ4v) is 2.62. The number of carbonyl (C=O) groups is 2. The summed E-state index contributed by atoms with van der Waals surface area (Å²) in [5.41, 5.74) is 1.42. The number of nitrogens with zero attached hydrogens (tertiary/aromatic N) is 1. The molecule has 2 rings (SSSR count). The number of halogens is 4. The molecule has 0 atom stereocenters. The van der Waals surface area contributed by atoms with E-state index in [1.54, 1.807) is 18.2 Å². The minimum atomic E-state index is -4.87. The van der Waals surface area contributed by atoms with Crippen LogP contribution in [0.3, 0.4) is 0 Å². The molecule has 1 saturated heterocycles. The highest BCUT2D eigenvalue weighted by atomic mass is 35.5. The molecule has 23 heavy (non-hydrogen) atoms. The largest absolute Gasteiger partial charge is 0.471 e. The lowest BCUT2D eigenvalue weighted by atomic mass is 9.95. The molecule has 0 saturated carbocycles. The molecule has 1 heterocycles. The van der Waals surface area contributed by atoms with Crippen molar-refractivity contribution in [2.45, 2.75) is 25.9 Å². The Labute approximate surface area is 136 Å². The lowest BCUT2D eigenvalue weighted by Gasteiger charge is -2.31. The fraction of sp³-hybridized carbons (Fsp3) is 0.467. The highest BCUT2D eigenvalue weighted by molar-refractivity contribution is 6.31. The third kappa shape index (κ3) is 4.37. The van der Waals surface area contributed by atoms with Crippen molar-refractivity contribution in [3.05, 3.63) is 28.8 Å². The minimum absolute atomic E-state index is 0.0783. The highest BCUT2D eigenvalue weighted by Gasteiger charge is 2.43. The van der Waals surface area contributed by atoms with Crippen LogP contribution in [0, 0.1) is 12.8 Å². The lowest BCUT2D eigenvalue weighted by Crippen LogP contribution is -2.46. The number of hydrogen-bond donors (Lipinski definition) is 1. The molecule has 1 fully saturated rings. The SMILES string of the molecule is Cc1ccc(NC(=O)C2CCN(C(=O)C(F)(F)F)CC2)cc1Cl. The topological polar surface area (TPSA) is 49.4 Å². The quantitative estimate of drug-likeness (QED) is 0.890. The first-order valence-corrected chi connectivity index (χ1v) is 7.49. The average molecular weight is 349 g/mol. The average Bonchev–Trinajstić information content (AvgIpc) is 2.49. The van der Waals surface area contributed by atoms with Gasteiger partial charge in [0.25, 0.3) is 0 Å². The summed E-state index contributed by atoms with van der Waals surface area (Å²) in [5.74, 6) is -2.54. The molecule has 1 N–H and O–H groups in total. The summed E-state index contributed by atoms with van der Waals surface area (Å²) in [7, 11) is 0. The molecule has 8 heteroatoms. The zero-order chi connectivity index (χ0) is 17.2. The molecule has 4 nitrogen and oxygen atoms in total. The van der Waals surface area contributed by atoms with Gasteiger partial charge in [0.05, 0.1) is 0 Å². The summed E-state index contributed by atoms with van der Waals surface area (Å²) in [6.07, 6.45) is -4.46. The summed E-state index contributed by atoms with van der Waals surface area (Å²) < 4.78 is 37.1. The molecule has 2 amide bonds. The van der Waals surface area contributed by atoms with Crippen LogP contribution in [0.2, 0.25) is 5.02 Å². The number of alkyl halides is 3. The Balaban J connectivity index is 1.91. The normalized spacial score (nSPS) is 16.3. The molecule has 0 bridgehead atoms. The van der Waals surface area contributed by atoms with Gasteiger partial charge in [0.15, 0.2) is 0 Å². The standard InChI is InChI=1S/C15H16ClF3N2O2/c1-9-2-3-11(8-12(9)16)20-13(22)10-4-6-21(7-5-10)14(23)15(17,18)19/h2-3,8,10H,4-7H2,1H3,(H,20,22). The fourth-order valence-electron chi connectivity index (χ4n) is 2.44. The van der Waals surface area contributed by atoms with Crippen LogP contribution in [-0.2, 0) is 9.59 Å². The Morgan fingerprint density at radius 3 is 2.39 bits per heavy atom. The van der Waals surface area contributed by atoms with Gasteiger partial charge in [0.1, 0.15) is 0 Å². The van der Waals surface area contributed by atoms with E-state index < -0.39 is 18.0 Å². The molecule has 1 aliphatic heterocycles. The number of nitrogens with one attached hydrogen (secondary N) is 1. The Bertz CT molecular complexity index is 611. The van der Waals surface area contributed by atoms with Crippen LogP contribution in [0.4, 0.5) is 18.9 Å². The van der Waals surface area contributed by atoms with Gasteiger partial charge in [-0.1, -0.05) is 17.7 Å². The smallest absolute Gasteiger partial charge is 0.335 e. The number of hydrogen-bond acceptors (Lipinski definition) is 2. The van der Waals surface area contributed by atoms with Crippen molar-refractivity contribution in [2.75, 3.05) is 18.4 Å². The van der Waals surface area contributed by atoms with Crippen LogP contribution < -0.4 is 5.32 Å². The molecule has 0 spiro atoms.